The highest BCUT2D eigenvalue weighted by molar-refractivity contribution is 5.79. The van der Waals surface area contributed by atoms with E-state index in [0.29, 0.717) is 6.61 Å². The summed E-state index contributed by atoms with van der Waals surface area (Å²) < 4.78 is 7.77. The Morgan fingerprint density at radius 3 is 2.79 bits per heavy atom. The van der Waals surface area contributed by atoms with Gasteiger partial charge in [-0.05, 0) is 38.0 Å². The number of fused-ring (bicyclic) bond motifs is 1. The molecule has 0 saturated heterocycles. The van der Waals surface area contributed by atoms with Crippen LogP contribution in [0.15, 0.2) is 36.5 Å². The van der Waals surface area contributed by atoms with E-state index in [2.05, 4.69) is 34.7 Å². The largest absolute Gasteiger partial charge is 0.494 e. The van der Waals surface area contributed by atoms with E-state index in [-0.39, 0.29) is 0 Å². The summed E-state index contributed by atoms with van der Waals surface area (Å²) in [6.45, 7) is 5.79. The van der Waals surface area contributed by atoms with Gasteiger partial charge < -0.3 is 9.30 Å². The van der Waals surface area contributed by atoms with Crippen LogP contribution in [0.1, 0.15) is 30.4 Å². The Kier molecular flexibility index (Phi) is 3.11. The first-order valence-electron chi connectivity index (χ1n) is 6.75. The molecule has 2 heterocycles. The lowest BCUT2D eigenvalue weighted by molar-refractivity contribution is 0.340. The average molecular weight is 254 g/mol. The van der Waals surface area contributed by atoms with Gasteiger partial charge in [-0.25, -0.2) is 4.98 Å². The lowest BCUT2D eigenvalue weighted by Gasteiger charge is -2.18. The summed E-state index contributed by atoms with van der Waals surface area (Å²) in [6, 6.07) is 8.30. The first kappa shape index (κ1) is 12.0. The molecule has 0 fully saturated rings. The van der Waals surface area contributed by atoms with Crippen molar-refractivity contribution in [2.45, 2.75) is 26.8 Å². The summed E-state index contributed by atoms with van der Waals surface area (Å²) in [7, 11) is 0. The second-order valence-electron chi connectivity index (χ2n) is 4.71. The Hall–Kier alpha value is -2.03. The number of benzene rings is 1. The van der Waals surface area contributed by atoms with Crippen molar-refractivity contribution < 1.29 is 4.74 Å². The number of nitrogens with zero attached hydrogens (tertiary/aromatic N) is 2. The highest BCUT2D eigenvalue weighted by Gasteiger charge is 2.16. The third-order valence-corrected chi connectivity index (χ3v) is 3.51. The molecule has 0 unspecified atom stereocenters. The lowest BCUT2D eigenvalue weighted by Crippen LogP contribution is -2.09. The van der Waals surface area contributed by atoms with Gasteiger partial charge in [-0.2, -0.15) is 0 Å². The van der Waals surface area contributed by atoms with Crippen molar-refractivity contribution in [3.05, 3.63) is 53.6 Å². The zero-order chi connectivity index (χ0) is 13.2. The highest BCUT2D eigenvalue weighted by atomic mass is 16.5. The monoisotopic (exact) mass is 254 g/mol. The van der Waals surface area contributed by atoms with Gasteiger partial charge in [0.2, 0.25) is 0 Å². The van der Waals surface area contributed by atoms with Crippen LogP contribution < -0.4 is 4.74 Å². The number of ether oxygens (including phenoxy) is 1. The van der Waals surface area contributed by atoms with E-state index in [1.165, 1.54) is 16.8 Å². The molecule has 98 valence electrons. The van der Waals surface area contributed by atoms with Crippen LogP contribution in [0.2, 0.25) is 0 Å². The normalized spacial score (nSPS) is 13.9. The molecule has 1 aliphatic heterocycles. The zero-order valence-corrected chi connectivity index (χ0v) is 11.4. The molecule has 0 spiro atoms. The lowest BCUT2D eigenvalue weighted by atomic mass is 9.99. The fourth-order valence-electron chi connectivity index (χ4n) is 2.57. The fraction of sp³-hybridized carbons (Fsp3) is 0.312. The molecule has 1 aromatic heterocycles. The molecule has 0 bridgehead atoms. The maximum absolute atomic E-state index is 5.48. The standard InChI is InChI=1S/C16H18N2O/c1-3-19-14-8-6-13(7-9-14)15-5-4-10-18-12(2)17-11-16(15)18/h5-9,11H,3-4,10H2,1-2H3. The minimum Gasteiger partial charge on any atom is -0.494 e. The van der Waals surface area contributed by atoms with Gasteiger partial charge in [0.1, 0.15) is 11.6 Å². The van der Waals surface area contributed by atoms with Gasteiger partial charge in [0.25, 0.3) is 0 Å². The van der Waals surface area contributed by atoms with E-state index in [1.807, 2.05) is 25.3 Å². The second kappa shape index (κ2) is 4.92. The summed E-state index contributed by atoms with van der Waals surface area (Å²) in [4.78, 5) is 4.42. The molecule has 3 rings (SSSR count). The molecule has 0 atom stereocenters. The predicted octanol–water partition coefficient (Wildman–Crippen LogP) is 3.43. The van der Waals surface area contributed by atoms with Crippen LogP contribution >= 0.6 is 0 Å². The number of imidazole rings is 1. The van der Waals surface area contributed by atoms with Crippen LogP contribution in [-0.2, 0) is 6.54 Å². The SMILES string of the molecule is CCOc1ccc(C2=CCCn3c2cnc3C)cc1. The first-order chi connectivity index (χ1) is 9.29. The molecule has 0 N–H and O–H groups in total. The maximum atomic E-state index is 5.48. The predicted molar refractivity (Wildman–Crippen MR) is 76.3 cm³/mol. The summed E-state index contributed by atoms with van der Waals surface area (Å²) >= 11 is 0. The molecule has 3 heteroatoms. The molecule has 1 aromatic carbocycles. The quantitative estimate of drug-likeness (QED) is 0.839. The molecular weight excluding hydrogens is 236 g/mol. The Morgan fingerprint density at radius 1 is 1.26 bits per heavy atom. The summed E-state index contributed by atoms with van der Waals surface area (Å²) in [5.41, 5.74) is 3.71. The smallest absolute Gasteiger partial charge is 0.119 e. The Morgan fingerprint density at radius 2 is 2.05 bits per heavy atom. The number of hydrogen-bond acceptors (Lipinski definition) is 2. The van der Waals surface area contributed by atoms with Crippen molar-refractivity contribution in [3.8, 4) is 5.75 Å². The van der Waals surface area contributed by atoms with E-state index in [1.54, 1.807) is 0 Å². The van der Waals surface area contributed by atoms with Crippen LogP contribution in [0.5, 0.6) is 5.75 Å². The number of rotatable bonds is 3. The van der Waals surface area contributed by atoms with Crippen molar-refractivity contribution in [2.24, 2.45) is 0 Å². The second-order valence-corrected chi connectivity index (χ2v) is 4.71. The molecule has 19 heavy (non-hydrogen) atoms. The molecule has 0 aliphatic carbocycles. The number of allylic oxidation sites excluding steroid dienone is 1. The van der Waals surface area contributed by atoms with Gasteiger partial charge in [-0.3, -0.25) is 0 Å². The van der Waals surface area contributed by atoms with Crippen molar-refractivity contribution in [1.82, 2.24) is 9.55 Å². The summed E-state index contributed by atoms with van der Waals surface area (Å²) in [5.74, 6) is 2.01. The number of aryl methyl sites for hydroxylation is 1. The van der Waals surface area contributed by atoms with Crippen molar-refractivity contribution in [2.75, 3.05) is 6.61 Å². The van der Waals surface area contributed by atoms with Gasteiger partial charge >= 0.3 is 0 Å². The fourth-order valence-corrected chi connectivity index (χ4v) is 2.57. The molecule has 2 aromatic rings. The van der Waals surface area contributed by atoms with Gasteiger partial charge in [-0.1, -0.05) is 18.2 Å². The highest BCUT2D eigenvalue weighted by Crippen LogP contribution is 2.29. The van der Waals surface area contributed by atoms with Crippen LogP contribution in [0.4, 0.5) is 0 Å². The van der Waals surface area contributed by atoms with Crippen molar-refractivity contribution >= 4 is 5.57 Å². The van der Waals surface area contributed by atoms with Crippen molar-refractivity contribution in [3.63, 3.8) is 0 Å². The minimum atomic E-state index is 0.702. The van der Waals surface area contributed by atoms with Crippen molar-refractivity contribution in [1.29, 1.82) is 0 Å². The Labute approximate surface area is 113 Å². The van der Waals surface area contributed by atoms with E-state index in [0.717, 1.165) is 24.5 Å². The van der Waals surface area contributed by atoms with Gasteiger partial charge in [0.05, 0.1) is 18.5 Å². The van der Waals surface area contributed by atoms with Crippen LogP contribution in [-0.4, -0.2) is 16.2 Å². The van der Waals surface area contributed by atoms with Gasteiger partial charge in [0, 0.05) is 12.1 Å². The topological polar surface area (TPSA) is 27.1 Å². The van der Waals surface area contributed by atoms with E-state index < -0.39 is 0 Å². The number of hydrogen-bond donors (Lipinski definition) is 0. The van der Waals surface area contributed by atoms with Crippen LogP contribution in [0, 0.1) is 6.92 Å². The molecular formula is C16H18N2O. The van der Waals surface area contributed by atoms with Crippen LogP contribution in [0.25, 0.3) is 5.57 Å². The summed E-state index contributed by atoms with van der Waals surface area (Å²) in [6.07, 6.45) is 5.33. The van der Waals surface area contributed by atoms with E-state index in [4.69, 9.17) is 4.74 Å². The molecule has 1 aliphatic rings. The van der Waals surface area contributed by atoms with Gasteiger partial charge in [0.15, 0.2) is 0 Å². The van der Waals surface area contributed by atoms with Gasteiger partial charge in [-0.15, -0.1) is 0 Å². The first-order valence-corrected chi connectivity index (χ1v) is 6.75. The third-order valence-electron chi connectivity index (χ3n) is 3.51. The Balaban J connectivity index is 1.95. The zero-order valence-electron chi connectivity index (χ0n) is 11.4. The minimum absolute atomic E-state index is 0.702. The molecule has 0 amide bonds. The number of aromatic nitrogens is 2. The maximum Gasteiger partial charge on any atom is 0.119 e. The van der Waals surface area contributed by atoms with E-state index >= 15 is 0 Å². The molecule has 0 radical (unpaired) electrons. The summed E-state index contributed by atoms with van der Waals surface area (Å²) in [5, 5.41) is 0. The average Bonchev–Trinajstić information content (AvgIpc) is 2.82. The molecule has 3 nitrogen and oxygen atoms in total. The Bertz CT molecular complexity index is 608. The van der Waals surface area contributed by atoms with Crippen LogP contribution in [0.3, 0.4) is 0 Å². The molecule has 0 saturated carbocycles. The van der Waals surface area contributed by atoms with E-state index in [9.17, 15) is 0 Å². The third kappa shape index (κ3) is 2.16.